The topological polar surface area (TPSA) is 216 Å². The second-order valence-electron chi connectivity index (χ2n) is 6.93. The van der Waals surface area contributed by atoms with Crippen LogP contribution in [0.25, 0.3) is 0 Å². The van der Waals surface area contributed by atoms with E-state index < -0.39 is 47.8 Å². The van der Waals surface area contributed by atoms with Crippen molar-refractivity contribution in [3.63, 3.8) is 0 Å². The van der Waals surface area contributed by atoms with Gasteiger partial charge in [-0.15, -0.1) is 0 Å². The first-order valence-electron chi connectivity index (χ1n) is 9.50. The summed E-state index contributed by atoms with van der Waals surface area (Å²) in [6.45, 7) is 1.43. The van der Waals surface area contributed by atoms with Crippen LogP contribution in [0.2, 0.25) is 0 Å². The number of aromatic nitrogens is 2. The summed E-state index contributed by atoms with van der Waals surface area (Å²) in [7, 11) is 0. The van der Waals surface area contributed by atoms with Crippen molar-refractivity contribution in [3.05, 3.63) is 18.2 Å². The third-order valence-electron chi connectivity index (χ3n) is 4.41. The smallest absolute Gasteiger partial charge is 0.326 e. The van der Waals surface area contributed by atoms with Gasteiger partial charge in [0.1, 0.15) is 12.1 Å². The maximum atomic E-state index is 12.6. The summed E-state index contributed by atoms with van der Waals surface area (Å²) < 4.78 is 0. The van der Waals surface area contributed by atoms with Gasteiger partial charge < -0.3 is 36.3 Å². The maximum absolute atomic E-state index is 12.6. The van der Waals surface area contributed by atoms with Crippen molar-refractivity contribution >= 4 is 29.7 Å². The molecule has 13 nitrogen and oxygen atoms in total. The van der Waals surface area contributed by atoms with Crippen LogP contribution in [0.4, 0.5) is 0 Å². The number of carbonyl (C=O) groups is 5. The molecule has 1 fully saturated rings. The second kappa shape index (κ2) is 12.3. The number of aromatic amines is 1. The van der Waals surface area contributed by atoms with Crippen molar-refractivity contribution < 1.29 is 39.3 Å². The highest BCUT2D eigenvalue weighted by molar-refractivity contribution is 5.92. The molecule has 2 rings (SSSR count). The Morgan fingerprint density at radius 3 is 2.45 bits per heavy atom. The molecule has 0 spiro atoms. The molecule has 2 heterocycles. The molecule has 0 aromatic carbocycles. The van der Waals surface area contributed by atoms with Gasteiger partial charge in [0, 0.05) is 38.2 Å². The fraction of sp³-hybridized carbons (Fsp3) is 0.556. The molecule has 1 aromatic heterocycles. The number of rotatable bonds is 9. The molecule has 13 heteroatoms. The summed E-state index contributed by atoms with van der Waals surface area (Å²) in [5.41, 5.74) is 6.64. The molecular formula is C18H27N5O8. The lowest BCUT2D eigenvalue weighted by molar-refractivity contribution is -0.145. The van der Waals surface area contributed by atoms with E-state index in [1.807, 2.05) is 0 Å². The van der Waals surface area contributed by atoms with Gasteiger partial charge in [-0.25, -0.2) is 9.78 Å². The molecule has 0 radical (unpaired) electrons. The number of aliphatic carboxylic acids is 3. The molecule has 0 saturated carbocycles. The molecule has 0 bridgehead atoms. The van der Waals surface area contributed by atoms with E-state index in [1.54, 1.807) is 6.20 Å². The van der Waals surface area contributed by atoms with Crippen LogP contribution in [-0.4, -0.2) is 84.6 Å². The van der Waals surface area contributed by atoms with Crippen molar-refractivity contribution in [1.82, 2.24) is 20.2 Å². The van der Waals surface area contributed by atoms with Crippen molar-refractivity contribution in [1.29, 1.82) is 0 Å². The Morgan fingerprint density at radius 1 is 1.29 bits per heavy atom. The molecule has 31 heavy (non-hydrogen) atoms. The van der Waals surface area contributed by atoms with Gasteiger partial charge in [0.15, 0.2) is 0 Å². The molecule has 0 unspecified atom stereocenters. The Bertz CT molecular complexity index is 778. The van der Waals surface area contributed by atoms with Crippen molar-refractivity contribution in [2.45, 2.75) is 57.2 Å². The van der Waals surface area contributed by atoms with E-state index in [0.717, 1.165) is 6.92 Å². The minimum atomic E-state index is -1.33. The molecule has 172 valence electrons. The summed E-state index contributed by atoms with van der Waals surface area (Å²) in [5.74, 6) is -4.33. The zero-order chi connectivity index (χ0) is 23.6. The standard InChI is InChI=1S/C16H23N5O6.C2H4O2/c17-10(6-9-7-18-8-19-9)15(25)21-5-1-2-12(21)14(24)20-11(16(26)27)3-4-13(22)23;1-2(3)4/h7-8,10-12H,1-6,17H2,(H,18,19)(H,20,24)(H,22,23)(H,26,27);1H3,(H,3,4)/t10-,11-,12-;/m0./s1. The normalized spacial score (nSPS) is 17.1. The summed E-state index contributed by atoms with van der Waals surface area (Å²) in [5, 5.41) is 27.6. The van der Waals surface area contributed by atoms with Crippen LogP contribution in [0.1, 0.15) is 38.3 Å². The quantitative estimate of drug-likeness (QED) is 0.269. The molecular weight excluding hydrogens is 414 g/mol. The number of carbonyl (C=O) groups excluding carboxylic acids is 2. The lowest BCUT2D eigenvalue weighted by atomic mass is 10.1. The number of hydrogen-bond acceptors (Lipinski definition) is 7. The second-order valence-corrected chi connectivity index (χ2v) is 6.93. The van der Waals surface area contributed by atoms with E-state index >= 15 is 0 Å². The molecule has 1 aliphatic heterocycles. The van der Waals surface area contributed by atoms with E-state index in [-0.39, 0.29) is 19.3 Å². The average molecular weight is 441 g/mol. The zero-order valence-corrected chi connectivity index (χ0v) is 17.0. The lowest BCUT2D eigenvalue weighted by Crippen LogP contribution is -2.54. The van der Waals surface area contributed by atoms with Gasteiger partial charge in [0.2, 0.25) is 11.8 Å². The van der Waals surface area contributed by atoms with E-state index in [9.17, 15) is 19.2 Å². The molecule has 1 aromatic rings. The van der Waals surface area contributed by atoms with Crippen molar-refractivity contribution in [2.24, 2.45) is 5.73 Å². The molecule has 7 N–H and O–H groups in total. The Labute approximate surface area is 177 Å². The van der Waals surface area contributed by atoms with Crippen molar-refractivity contribution in [2.75, 3.05) is 6.54 Å². The number of likely N-dealkylation sites (tertiary alicyclic amines) is 1. The van der Waals surface area contributed by atoms with Gasteiger partial charge in [0.25, 0.3) is 5.97 Å². The number of hydrogen-bond donors (Lipinski definition) is 6. The minimum absolute atomic E-state index is 0.236. The first kappa shape index (κ1) is 25.6. The zero-order valence-electron chi connectivity index (χ0n) is 17.0. The van der Waals surface area contributed by atoms with Gasteiger partial charge in [-0.05, 0) is 19.3 Å². The third kappa shape index (κ3) is 8.82. The Kier molecular flexibility index (Phi) is 10.1. The van der Waals surface area contributed by atoms with Gasteiger partial charge in [-0.1, -0.05) is 0 Å². The highest BCUT2D eigenvalue weighted by Crippen LogP contribution is 2.19. The van der Waals surface area contributed by atoms with Crippen LogP contribution >= 0.6 is 0 Å². The van der Waals surface area contributed by atoms with Crippen LogP contribution in [0.5, 0.6) is 0 Å². The van der Waals surface area contributed by atoms with Crippen molar-refractivity contribution in [3.8, 4) is 0 Å². The number of nitrogens with zero attached hydrogens (tertiary/aromatic N) is 2. The summed E-state index contributed by atoms with van der Waals surface area (Å²) in [6.07, 6.45) is 3.62. The molecule has 3 atom stereocenters. The van der Waals surface area contributed by atoms with E-state index in [1.165, 1.54) is 11.2 Å². The number of amides is 2. The summed E-state index contributed by atoms with van der Waals surface area (Å²) in [4.78, 5) is 64.0. The molecule has 0 aliphatic carbocycles. The van der Waals surface area contributed by atoms with Crippen LogP contribution in [-0.2, 0) is 30.4 Å². The predicted octanol–water partition coefficient (Wildman–Crippen LogP) is -1.20. The first-order chi connectivity index (χ1) is 14.5. The summed E-state index contributed by atoms with van der Waals surface area (Å²) >= 11 is 0. The fourth-order valence-electron chi connectivity index (χ4n) is 3.03. The number of nitrogens with one attached hydrogen (secondary N) is 2. The van der Waals surface area contributed by atoms with E-state index in [4.69, 9.17) is 25.8 Å². The highest BCUT2D eigenvalue weighted by Gasteiger charge is 2.37. The fourth-order valence-corrected chi connectivity index (χ4v) is 3.03. The average Bonchev–Trinajstić information content (AvgIpc) is 3.35. The van der Waals surface area contributed by atoms with Crippen LogP contribution in [0, 0.1) is 0 Å². The highest BCUT2D eigenvalue weighted by atomic mass is 16.4. The lowest BCUT2D eigenvalue weighted by Gasteiger charge is -2.27. The number of H-pyrrole nitrogens is 1. The maximum Gasteiger partial charge on any atom is 0.326 e. The van der Waals surface area contributed by atoms with Crippen LogP contribution in [0.15, 0.2) is 12.5 Å². The molecule has 2 amide bonds. The predicted molar refractivity (Wildman–Crippen MR) is 105 cm³/mol. The van der Waals surface area contributed by atoms with Gasteiger partial charge in [-0.3, -0.25) is 19.2 Å². The Balaban J connectivity index is 0.00000110. The number of nitrogens with two attached hydrogens (primary N) is 1. The third-order valence-corrected chi connectivity index (χ3v) is 4.41. The number of carboxylic acids is 3. The number of carboxylic acid groups (broad SMARTS) is 3. The summed E-state index contributed by atoms with van der Waals surface area (Å²) in [6, 6.07) is -3.01. The molecule has 1 aliphatic rings. The van der Waals surface area contributed by atoms with E-state index in [2.05, 4.69) is 15.3 Å². The minimum Gasteiger partial charge on any atom is -0.481 e. The van der Waals surface area contributed by atoms with Crippen LogP contribution < -0.4 is 11.1 Å². The SMILES string of the molecule is CC(=O)O.N[C@@H](Cc1cnc[nH]1)C(=O)N1CCC[C@H]1C(=O)N[C@@H](CCC(=O)O)C(=O)O. The van der Waals surface area contributed by atoms with E-state index in [0.29, 0.717) is 25.1 Å². The van der Waals surface area contributed by atoms with Gasteiger partial charge in [-0.2, -0.15) is 0 Å². The largest absolute Gasteiger partial charge is 0.481 e. The van der Waals surface area contributed by atoms with Gasteiger partial charge >= 0.3 is 11.9 Å². The first-order valence-corrected chi connectivity index (χ1v) is 9.50. The monoisotopic (exact) mass is 441 g/mol. The van der Waals surface area contributed by atoms with Gasteiger partial charge in [0.05, 0.1) is 12.4 Å². The Hall–Kier alpha value is -3.48. The van der Waals surface area contributed by atoms with Crippen LogP contribution in [0.3, 0.4) is 0 Å². The molecule has 1 saturated heterocycles. The number of imidazole rings is 1. The Morgan fingerprint density at radius 2 is 1.94 bits per heavy atom.